The van der Waals surface area contributed by atoms with E-state index in [4.69, 9.17) is 4.74 Å². The van der Waals surface area contributed by atoms with E-state index in [9.17, 15) is 13.6 Å². The zero-order valence-corrected chi connectivity index (χ0v) is 9.51. The lowest BCUT2D eigenvalue weighted by atomic mass is 9.96. The van der Waals surface area contributed by atoms with Crippen LogP contribution in [0.3, 0.4) is 0 Å². The van der Waals surface area contributed by atoms with Crippen molar-refractivity contribution in [1.82, 2.24) is 0 Å². The molecule has 0 aliphatic carbocycles. The number of hydrogen-bond donors (Lipinski definition) is 0. The first-order valence-corrected chi connectivity index (χ1v) is 4.90. The van der Waals surface area contributed by atoms with Gasteiger partial charge >= 0.3 is 0 Å². The zero-order valence-electron chi connectivity index (χ0n) is 9.51. The molecule has 0 N–H and O–H groups in total. The fraction of sp³-hybridized carbons (Fsp3) is 0.417. The van der Waals surface area contributed by atoms with Crippen LogP contribution in [0.2, 0.25) is 0 Å². The van der Waals surface area contributed by atoms with Crippen LogP contribution in [0.4, 0.5) is 8.78 Å². The van der Waals surface area contributed by atoms with E-state index in [-0.39, 0.29) is 6.42 Å². The number of ketones is 1. The van der Waals surface area contributed by atoms with Crippen molar-refractivity contribution in [3.05, 3.63) is 35.4 Å². The van der Waals surface area contributed by atoms with Crippen LogP contribution in [0, 0.1) is 11.6 Å². The van der Waals surface area contributed by atoms with Crippen LogP contribution < -0.4 is 0 Å². The summed E-state index contributed by atoms with van der Waals surface area (Å²) in [5.74, 6) is -2.27. The number of rotatable bonds is 4. The lowest BCUT2D eigenvalue weighted by molar-refractivity contribution is 0.0170. The first-order chi connectivity index (χ1) is 7.37. The molecule has 0 saturated heterocycles. The van der Waals surface area contributed by atoms with Crippen LogP contribution in [-0.4, -0.2) is 18.5 Å². The third-order valence-electron chi connectivity index (χ3n) is 2.38. The summed E-state index contributed by atoms with van der Waals surface area (Å²) in [6.07, 6.45) is -0.0681. The molecule has 2 nitrogen and oxygen atoms in total. The molecule has 0 unspecified atom stereocenters. The third kappa shape index (κ3) is 2.85. The highest BCUT2D eigenvalue weighted by Gasteiger charge is 2.25. The van der Waals surface area contributed by atoms with Gasteiger partial charge in [0.1, 0.15) is 11.6 Å². The lowest BCUT2D eigenvalue weighted by Gasteiger charge is -2.21. The minimum atomic E-state index is -0.836. The Balaban J connectivity index is 2.98. The molecular weight excluding hydrogens is 214 g/mol. The van der Waals surface area contributed by atoms with Gasteiger partial charge in [-0.05, 0) is 26.0 Å². The number of carbonyl (C=O) groups excluding carboxylic acids is 1. The Morgan fingerprint density at radius 3 is 2.25 bits per heavy atom. The average molecular weight is 228 g/mol. The zero-order chi connectivity index (χ0) is 12.3. The molecule has 0 aliphatic rings. The standard InChI is InChI=1S/C12H14F2O2/c1-12(2,16-3)7-10(15)11-8(13)5-4-6-9(11)14/h4-6H,7H2,1-3H3. The molecule has 0 bridgehead atoms. The van der Waals surface area contributed by atoms with E-state index in [1.54, 1.807) is 13.8 Å². The largest absolute Gasteiger partial charge is 0.378 e. The number of ether oxygens (including phenoxy) is 1. The van der Waals surface area contributed by atoms with Crippen LogP contribution in [0.15, 0.2) is 18.2 Å². The Bertz CT molecular complexity index is 380. The van der Waals surface area contributed by atoms with E-state index in [2.05, 4.69) is 0 Å². The molecule has 0 spiro atoms. The molecule has 0 radical (unpaired) electrons. The molecule has 0 amide bonds. The predicted molar refractivity (Wildman–Crippen MR) is 56.4 cm³/mol. The highest BCUT2D eigenvalue weighted by molar-refractivity contribution is 5.97. The van der Waals surface area contributed by atoms with Crippen molar-refractivity contribution in [3.8, 4) is 0 Å². The van der Waals surface area contributed by atoms with Crippen LogP contribution in [-0.2, 0) is 4.74 Å². The van der Waals surface area contributed by atoms with Crippen molar-refractivity contribution in [3.63, 3.8) is 0 Å². The fourth-order valence-corrected chi connectivity index (χ4v) is 1.31. The molecule has 1 aromatic carbocycles. The molecule has 0 fully saturated rings. The number of halogens is 2. The Labute approximate surface area is 93.2 Å². The Morgan fingerprint density at radius 1 is 1.31 bits per heavy atom. The molecule has 1 rings (SSSR count). The van der Waals surface area contributed by atoms with Gasteiger partial charge < -0.3 is 4.74 Å². The fourth-order valence-electron chi connectivity index (χ4n) is 1.31. The van der Waals surface area contributed by atoms with Crippen LogP contribution >= 0.6 is 0 Å². The van der Waals surface area contributed by atoms with Gasteiger partial charge in [-0.3, -0.25) is 4.79 Å². The quantitative estimate of drug-likeness (QED) is 0.740. The minimum absolute atomic E-state index is 0.0681. The van der Waals surface area contributed by atoms with E-state index in [1.807, 2.05) is 0 Å². The predicted octanol–water partition coefficient (Wildman–Crippen LogP) is 2.96. The second kappa shape index (κ2) is 4.70. The number of hydrogen-bond acceptors (Lipinski definition) is 2. The van der Waals surface area contributed by atoms with Crippen molar-refractivity contribution < 1.29 is 18.3 Å². The monoisotopic (exact) mass is 228 g/mol. The third-order valence-corrected chi connectivity index (χ3v) is 2.38. The summed E-state index contributed by atoms with van der Waals surface area (Å²) in [5, 5.41) is 0. The van der Waals surface area contributed by atoms with Gasteiger partial charge in [0.05, 0.1) is 11.2 Å². The van der Waals surface area contributed by atoms with Crippen molar-refractivity contribution in [1.29, 1.82) is 0 Å². The summed E-state index contributed by atoms with van der Waals surface area (Å²) in [7, 11) is 1.45. The summed E-state index contributed by atoms with van der Waals surface area (Å²) in [6.45, 7) is 3.37. The Morgan fingerprint density at radius 2 is 1.81 bits per heavy atom. The van der Waals surface area contributed by atoms with Gasteiger partial charge in [0.15, 0.2) is 5.78 Å². The molecular formula is C12H14F2O2. The number of benzene rings is 1. The number of Topliss-reactive ketones (excluding diaryl/α,β-unsaturated/α-hetero) is 1. The summed E-state index contributed by atoms with van der Waals surface area (Å²) in [5.41, 5.74) is -1.22. The highest BCUT2D eigenvalue weighted by atomic mass is 19.1. The maximum Gasteiger partial charge on any atom is 0.171 e. The summed E-state index contributed by atoms with van der Waals surface area (Å²) >= 11 is 0. The van der Waals surface area contributed by atoms with Gasteiger partial charge in [0.25, 0.3) is 0 Å². The van der Waals surface area contributed by atoms with Gasteiger partial charge in [-0.1, -0.05) is 6.07 Å². The lowest BCUT2D eigenvalue weighted by Crippen LogP contribution is -2.27. The van der Waals surface area contributed by atoms with Gasteiger partial charge in [0.2, 0.25) is 0 Å². The van der Waals surface area contributed by atoms with Crippen molar-refractivity contribution in [2.75, 3.05) is 7.11 Å². The van der Waals surface area contributed by atoms with Crippen LogP contribution in [0.25, 0.3) is 0 Å². The first kappa shape index (κ1) is 12.8. The SMILES string of the molecule is COC(C)(C)CC(=O)c1c(F)cccc1F. The topological polar surface area (TPSA) is 26.3 Å². The van der Waals surface area contributed by atoms with Crippen LogP contribution in [0.1, 0.15) is 30.6 Å². The molecule has 4 heteroatoms. The van der Waals surface area contributed by atoms with E-state index < -0.39 is 28.6 Å². The van der Waals surface area contributed by atoms with E-state index >= 15 is 0 Å². The van der Waals surface area contributed by atoms with E-state index in [0.717, 1.165) is 12.1 Å². The molecule has 0 heterocycles. The molecule has 0 aliphatic heterocycles. The summed E-state index contributed by atoms with van der Waals surface area (Å²) in [6, 6.07) is 3.36. The van der Waals surface area contributed by atoms with Crippen LogP contribution in [0.5, 0.6) is 0 Å². The summed E-state index contributed by atoms with van der Waals surface area (Å²) < 4.78 is 31.6. The Kier molecular flexibility index (Phi) is 3.75. The Hall–Kier alpha value is -1.29. The number of methoxy groups -OCH3 is 1. The van der Waals surface area contributed by atoms with Gasteiger partial charge in [0, 0.05) is 13.5 Å². The normalized spacial score (nSPS) is 11.6. The maximum absolute atomic E-state index is 13.3. The smallest absolute Gasteiger partial charge is 0.171 e. The molecule has 0 saturated carbocycles. The highest BCUT2D eigenvalue weighted by Crippen LogP contribution is 2.20. The van der Waals surface area contributed by atoms with Gasteiger partial charge in [-0.25, -0.2) is 8.78 Å². The average Bonchev–Trinajstić information content (AvgIpc) is 2.16. The molecule has 0 aromatic heterocycles. The summed E-state index contributed by atoms with van der Waals surface area (Å²) in [4.78, 5) is 11.7. The van der Waals surface area contributed by atoms with Crippen molar-refractivity contribution in [2.24, 2.45) is 0 Å². The molecule has 88 valence electrons. The maximum atomic E-state index is 13.3. The van der Waals surface area contributed by atoms with E-state index in [1.165, 1.54) is 13.2 Å². The second-order valence-electron chi connectivity index (χ2n) is 4.16. The minimum Gasteiger partial charge on any atom is -0.378 e. The number of carbonyl (C=O) groups is 1. The van der Waals surface area contributed by atoms with Gasteiger partial charge in [-0.15, -0.1) is 0 Å². The molecule has 0 atom stereocenters. The van der Waals surface area contributed by atoms with Crippen molar-refractivity contribution >= 4 is 5.78 Å². The second-order valence-corrected chi connectivity index (χ2v) is 4.16. The first-order valence-electron chi connectivity index (χ1n) is 4.90. The van der Waals surface area contributed by atoms with Gasteiger partial charge in [-0.2, -0.15) is 0 Å². The molecule has 1 aromatic rings. The molecule has 16 heavy (non-hydrogen) atoms. The van der Waals surface area contributed by atoms with E-state index in [0.29, 0.717) is 0 Å². The van der Waals surface area contributed by atoms with Crippen molar-refractivity contribution in [2.45, 2.75) is 25.9 Å².